The summed E-state index contributed by atoms with van der Waals surface area (Å²) in [5.74, 6) is -0.749. The fourth-order valence-corrected chi connectivity index (χ4v) is 5.12. The van der Waals surface area contributed by atoms with Crippen LogP contribution in [-0.2, 0) is 9.59 Å². The van der Waals surface area contributed by atoms with E-state index in [4.69, 9.17) is 4.74 Å². The lowest BCUT2D eigenvalue weighted by Gasteiger charge is -2.08. The Balaban J connectivity index is 1.32. The van der Waals surface area contributed by atoms with Gasteiger partial charge in [-0.3, -0.25) is 9.59 Å². The van der Waals surface area contributed by atoms with Gasteiger partial charge in [-0.05, 0) is 55.8 Å². The van der Waals surface area contributed by atoms with Crippen molar-refractivity contribution in [1.82, 2.24) is 4.98 Å². The Hall–Kier alpha value is -3.43. The molecule has 9 heteroatoms. The third-order valence-corrected chi connectivity index (χ3v) is 6.99. The summed E-state index contributed by atoms with van der Waals surface area (Å²) in [7, 11) is 0. The van der Waals surface area contributed by atoms with Gasteiger partial charge in [0, 0.05) is 11.4 Å². The SMILES string of the molecule is Cc1ccc(NC(=O)CSc2nc3ccc(NC(=O)COc4ccccc4F)cc3s2)c(C)c1. The molecule has 0 spiro atoms. The molecule has 0 unspecified atom stereocenters. The van der Waals surface area contributed by atoms with Gasteiger partial charge in [0.25, 0.3) is 5.91 Å². The van der Waals surface area contributed by atoms with Crippen LogP contribution in [0.2, 0.25) is 0 Å². The van der Waals surface area contributed by atoms with E-state index in [9.17, 15) is 14.0 Å². The van der Waals surface area contributed by atoms with Crippen molar-refractivity contribution in [2.75, 3.05) is 23.0 Å². The van der Waals surface area contributed by atoms with E-state index in [2.05, 4.69) is 15.6 Å². The van der Waals surface area contributed by atoms with Crippen LogP contribution in [0, 0.1) is 19.7 Å². The topological polar surface area (TPSA) is 80.3 Å². The monoisotopic (exact) mass is 495 g/mol. The predicted octanol–water partition coefficient (Wildman–Crippen LogP) is 5.80. The summed E-state index contributed by atoms with van der Waals surface area (Å²) in [4.78, 5) is 29.1. The van der Waals surface area contributed by atoms with E-state index in [1.807, 2.05) is 38.1 Å². The highest BCUT2D eigenvalue weighted by atomic mass is 32.2. The molecule has 0 saturated carbocycles. The highest BCUT2D eigenvalue weighted by Crippen LogP contribution is 2.31. The molecule has 0 radical (unpaired) electrons. The number of anilines is 2. The highest BCUT2D eigenvalue weighted by Gasteiger charge is 2.11. The lowest BCUT2D eigenvalue weighted by molar-refractivity contribution is -0.118. The van der Waals surface area contributed by atoms with Gasteiger partial charge in [-0.2, -0.15) is 0 Å². The Labute approximate surface area is 204 Å². The number of para-hydroxylation sites is 1. The van der Waals surface area contributed by atoms with E-state index >= 15 is 0 Å². The maximum atomic E-state index is 13.6. The molecule has 2 N–H and O–H groups in total. The fourth-order valence-electron chi connectivity index (χ4n) is 3.21. The van der Waals surface area contributed by atoms with Gasteiger partial charge in [0.1, 0.15) is 0 Å². The number of thiazole rings is 1. The van der Waals surface area contributed by atoms with E-state index < -0.39 is 11.7 Å². The zero-order chi connectivity index (χ0) is 24.1. The van der Waals surface area contributed by atoms with Gasteiger partial charge in [-0.25, -0.2) is 9.37 Å². The second-order valence-electron chi connectivity index (χ2n) is 7.58. The molecule has 0 aliphatic carbocycles. The van der Waals surface area contributed by atoms with Gasteiger partial charge in [0.05, 0.1) is 16.0 Å². The number of rotatable bonds is 8. The van der Waals surface area contributed by atoms with Crippen LogP contribution in [0.1, 0.15) is 11.1 Å². The number of aryl methyl sites for hydroxylation is 2. The van der Waals surface area contributed by atoms with Gasteiger partial charge >= 0.3 is 0 Å². The number of carbonyl (C=O) groups is 2. The molecular weight excluding hydrogens is 473 g/mol. The quantitative estimate of drug-likeness (QED) is 0.302. The molecule has 1 aromatic heterocycles. The average Bonchev–Trinajstić information content (AvgIpc) is 3.21. The van der Waals surface area contributed by atoms with Crippen molar-refractivity contribution >= 4 is 56.5 Å². The molecule has 4 rings (SSSR count). The zero-order valence-electron chi connectivity index (χ0n) is 18.6. The summed E-state index contributed by atoms with van der Waals surface area (Å²) in [5, 5.41) is 5.67. The first-order valence-electron chi connectivity index (χ1n) is 10.4. The highest BCUT2D eigenvalue weighted by molar-refractivity contribution is 8.01. The summed E-state index contributed by atoms with van der Waals surface area (Å²) in [5.41, 5.74) is 4.34. The number of carbonyl (C=O) groups excluding carboxylic acids is 2. The van der Waals surface area contributed by atoms with Gasteiger partial charge in [-0.1, -0.05) is 41.6 Å². The molecule has 34 heavy (non-hydrogen) atoms. The summed E-state index contributed by atoms with van der Waals surface area (Å²) < 4.78 is 20.5. The third-order valence-electron chi connectivity index (χ3n) is 4.83. The van der Waals surface area contributed by atoms with E-state index in [1.54, 1.807) is 24.3 Å². The maximum absolute atomic E-state index is 13.6. The normalized spacial score (nSPS) is 10.8. The van der Waals surface area contributed by atoms with Crippen LogP contribution in [0.3, 0.4) is 0 Å². The molecule has 0 bridgehead atoms. The predicted molar refractivity (Wildman–Crippen MR) is 135 cm³/mol. The van der Waals surface area contributed by atoms with E-state index in [-0.39, 0.29) is 24.0 Å². The number of thioether (sulfide) groups is 1. The summed E-state index contributed by atoms with van der Waals surface area (Å²) in [6.45, 7) is 3.67. The Bertz CT molecular complexity index is 1360. The van der Waals surface area contributed by atoms with E-state index in [1.165, 1.54) is 35.2 Å². The van der Waals surface area contributed by atoms with Crippen molar-refractivity contribution in [3.05, 3.63) is 77.6 Å². The second kappa shape index (κ2) is 10.7. The molecule has 4 aromatic rings. The van der Waals surface area contributed by atoms with Crippen molar-refractivity contribution < 1.29 is 18.7 Å². The minimum absolute atomic E-state index is 0.0267. The van der Waals surface area contributed by atoms with Crippen LogP contribution in [0.15, 0.2) is 65.0 Å². The largest absolute Gasteiger partial charge is 0.481 e. The molecule has 1 heterocycles. The third kappa shape index (κ3) is 6.12. The Morgan fingerprint density at radius 2 is 1.85 bits per heavy atom. The summed E-state index contributed by atoms with van der Waals surface area (Å²) >= 11 is 2.81. The molecular formula is C25H22FN3O3S2. The number of hydrogen-bond acceptors (Lipinski definition) is 6. The maximum Gasteiger partial charge on any atom is 0.262 e. The molecule has 0 aliphatic rings. The number of ether oxygens (including phenoxy) is 1. The molecule has 0 fully saturated rings. The first-order valence-corrected chi connectivity index (χ1v) is 12.3. The number of aromatic nitrogens is 1. The number of nitrogens with zero attached hydrogens (tertiary/aromatic N) is 1. The number of amides is 2. The van der Waals surface area contributed by atoms with Crippen LogP contribution in [-0.4, -0.2) is 29.2 Å². The average molecular weight is 496 g/mol. The number of halogens is 1. The van der Waals surface area contributed by atoms with Crippen molar-refractivity contribution in [1.29, 1.82) is 0 Å². The van der Waals surface area contributed by atoms with Gasteiger partial charge in [0.2, 0.25) is 5.91 Å². The van der Waals surface area contributed by atoms with Crippen LogP contribution in [0.25, 0.3) is 10.2 Å². The van der Waals surface area contributed by atoms with Crippen LogP contribution in [0.5, 0.6) is 5.75 Å². The summed E-state index contributed by atoms with van der Waals surface area (Å²) in [6, 6.07) is 17.2. The standard InChI is InChI=1S/C25H22FN3O3S2/c1-15-7-9-19(16(2)11-15)28-24(31)14-33-25-29-20-10-8-17(12-22(20)34-25)27-23(30)13-32-21-6-4-3-5-18(21)26/h3-12H,13-14H2,1-2H3,(H,27,30)(H,28,31). The first kappa shape index (κ1) is 23.7. The molecule has 0 saturated heterocycles. The number of nitrogens with one attached hydrogen (secondary N) is 2. The van der Waals surface area contributed by atoms with Crippen molar-refractivity contribution in [3.63, 3.8) is 0 Å². The first-order chi connectivity index (χ1) is 16.4. The van der Waals surface area contributed by atoms with Crippen molar-refractivity contribution in [2.45, 2.75) is 18.2 Å². The number of hydrogen-bond donors (Lipinski definition) is 2. The Morgan fingerprint density at radius 1 is 1.03 bits per heavy atom. The fraction of sp³-hybridized carbons (Fsp3) is 0.160. The van der Waals surface area contributed by atoms with Crippen molar-refractivity contribution in [3.8, 4) is 5.75 Å². The molecule has 0 aliphatic heterocycles. The van der Waals surface area contributed by atoms with Gasteiger partial charge in [-0.15, -0.1) is 11.3 Å². The molecule has 174 valence electrons. The van der Waals surface area contributed by atoms with Crippen LogP contribution < -0.4 is 15.4 Å². The minimum Gasteiger partial charge on any atom is -0.481 e. The van der Waals surface area contributed by atoms with E-state index in [0.717, 1.165) is 31.4 Å². The smallest absolute Gasteiger partial charge is 0.262 e. The van der Waals surface area contributed by atoms with Crippen LogP contribution >= 0.6 is 23.1 Å². The minimum atomic E-state index is -0.519. The molecule has 0 atom stereocenters. The molecule has 3 aromatic carbocycles. The Morgan fingerprint density at radius 3 is 2.65 bits per heavy atom. The lowest BCUT2D eigenvalue weighted by Crippen LogP contribution is -2.20. The zero-order valence-corrected chi connectivity index (χ0v) is 20.2. The molecule has 6 nitrogen and oxygen atoms in total. The number of benzene rings is 3. The lowest BCUT2D eigenvalue weighted by atomic mass is 10.1. The van der Waals surface area contributed by atoms with Gasteiger partial charge in [0.15, 0.2) is 22.5 Å². The van der Waals surface area contributed by atoms with E-state index in [0.29, 0.717) is 5.69 Å². The van der Waals surface area contributed by atoms with Crippen LogP contribution in [0.4, 0.5) is 15.8 Å². The Kier molecular flexibility index (Phi) is 7.44. The van der Waals surface area contributed by atoms with Gasteiger partial charge < -0.3 is 15.4 Å². The second-order valence-corrected chi connectivity index (χ2v) is 9.84. The molecule has 2 amide bonds. The number of fused-ring (bicyclic) bond motifs is 1. The summed E-state index contributed by atoms with van der Waals surface area (Å²) in [6.07, 6.45) is 0. The van der Waals surface area contributed by atoms with Crippen molar-refractivity contribution in [2.24, 2.45) is 0 Å².